The predicted molar refractivity (Wildman–Crippen MR) is 111 cm³/mol. The summed E-state index contributed by atoms with van der Waals surface area (Å²) in [4.78, 5) is 21.2. The van der Waals surface area contributed by atoms with E-state index < -0.39 is 6.10 Å². The van der Waals surface area contributed by atoms with Crippen LogP contribution in [0.5, 0.6) is 0 Å². The zero-order valence-electron chi connectivity index (χ0n) is 15.5. The maximum absolute atomic E-state index is 12.5. The van der Waals surface area contributed by atoms with E-state index in [4.69, 9.17) is 4.74 Å². The molecule has 3 heterocycles. The summed E-state index contributed by atoms with van der Waals surface area (Å²) < 4.78 is 6.22. The molecular formula is C20H26ClN3O2S. The molecule has 27 heavy (non-hydrogen) atoms. The summed E-state index contributed by atoms with van der Waals surface area (Å²) in [5.41, 5.74) is 2.93. The van der Waals surface area contributed by atoms with Crippen molar-refractivity contribution >= 4 is 35.5 Å². The lowest BCUT2D eigenvalue weighted by molar-refractivity contribution is -0.161. The van der Waals surface area contributed by atoms with Crippen LogP contribution in [0.2, 0.25) is 0 Å². The topological polar surface area (TPSA) is 45.7 Å². The third-order valence-corrected chi connectivity index (χ3v) is 6.08. The van der Waals surface area contributed by atoms with Crippen LogP contribution in [0.3, 0.4) is 0 Å². The van der Waals surface area contributed by atoms with E-state index >= 15 is 0 Å². The summed E-state index contributed by atoms with van der Waals surface area (Å²) in [6, 6.07) is 10.6. The third kappa shape index (κ3) is 4.51. The minimum Gasteiger partial charge on any atom is -0.360 e. The highest BCUT2D eigenvalue weighted by Gasteiger charge is 2.46. The molecule has 2 aromatic rings. The number of hydrogen-bond donors (Lipinski definition) is 0. The zero-order valence-corrected chi connectivity index (χ0v) is 17.2. The molecule has 1 atom stereocenters. The van der Waals surface area contributed by atoms with Gasteiger partial charge in [-0.15, -0.1) is 23.7 Å². The van der Waals surface area contributed by atoms with Gasteiger partial charge in [0.2, 0.25) is 0 Å². The van der Waals surface area contributed by atoms with E-state index in [0.717, 1.165) is 44.7 Å². The number of halogens is 1. The summed E-state index contributed by atoms with van der Waals surface area (Å²) in [6.45, 7) is 5.58. The van der Waals surface area contributed by atoms with Crippen LogP contribution in [-0.4, -0.2) is 53.7 Å². The van der Waals surface area contributed by atoms with Crippen molar-refractivity contribution in [3.63, 3.8) is 0 Å². The second-order valence-electron chi connectivity index (χ2n) is 7.29. The lowest BCUT2D eigenvalue weighted by Gasteiger charge is -2.48. The van der Waals surface area contributed by atoms with Crippen molar-refractivity contribution in [3.05, 3.63) is 46.8 Å². The minimum atomic E-state index is -0.402. The van der Waals surface area contributed by atoms with Gasteiger partial charge in [-0.3, -0.25) is 9.69 Å². The second-order valence-corrected chi connectivity index (χ2v) is 8.01. The number of carbonyl (C=O) groups is 1. The van der Waals surface area contributed by atoms with Gasteiger partial charge in [-0.05, 0) is 31.7 Å². The highest BCUT2D eigenvalue weighted by molar-refractivity contribution is 7.07. The number of piperidine rings is 1. The number of thiazole rings is 1. The number of benzene rings is 1. The number of likely N-dealkylation sites (tertiary alicyclic amines) is 1. The number of rotatable bonds is 4. The Morgan fingerprint density at radius 1 is 1.26 bits per heavy atom. The number of morpholine rings is 1. The fourth-order valence-electron chi connectivity index (χ4n) is 3.97. The Hall–Kier alpha value is -1.47. The van der Waals surface area contributed by atoms with Crippen molar-refractivity contribution in [3.8, 4) is 0 Å². The monoisotopic (exact) mass is 407 g/mol. The Morgan fingerprint density at radius 3 is 2.67 bits per heavy atom. The first-order valence-corrected chi connectivity index (χ1v) is 10.2. The Labute approximate surface area is 170 Å². The minimum absolute atomic E-state index is 0. The van der Waals surface area contributed by atoms with E-state index in [9.17, 15) is 4.79 Å². The normalized spacial score (nSPS) is 22.6. The molecule has 0 bridgehead atoms. The molecule has 0 saturated carbocycles. The average Bonchev–Trinajstić information content (AvgIpc) is 3.20. The summed E-state index contributed by atoms with van der Waals surface area (Å²) in [6.07, 6.45) is 2.59. The quantitative estimate of drug-likeness (QED) is 0.779. The van der Waals surface area contributed by atoms with Crippen LogP contribution in [0.1, 0.15) is 25.3 Å². The van der Waals surface area contributed by atoms with Crippen molar-refractivity contribution in [2.75, 3.05) is 31.1 Å². The van der Waals surface area contributed by atoms with Crippen LogP contribution >= 0.6 is 23.7 Å². The molecular weight excluding hydrogens is 382 g/mol. The SMILES string of the molecule is CC1OC2(CCN(CCc3ccccc3)CC2)CN(c2cscn2)C1=O.Cl. The maximum atomic E-state index is 12.5. The average molecular weight is 408 g/mol. The van der Waals surface area contributed by atoms with E-state index in [2.05, 4.69) is 40.2 Å². The van der Waals surface area contributed by atoms with Gasteiger partial charge >= 0.3 is 0 Å². The van der Waals surface area contributed by atoms with Gasteiger partial charge in [0.05, 0.1) is 17.7 Å². The molecule has 0 radical (unpaired) electrons. The lowest BCUT2D eigenvalue weighted by atomic mass is 9.88. The fraction of sp³-hybridized carbons (Fsp3) is 0.500. The number of carbonyl (C=O) groups excluding carboxylic acids is 1. The summed E-state index contributed by atoms with van der Waals surface area (Å²) in [5.74, 6) is 0.786. The van der Waals surface area contributed by atoms with Crippen LogP contribution in [0, 0.1) is 0 Å². The first-order valence-electron chi connectivity index (χ1n) is 9.29. The Morgan fingerprint density at radius 2 is 2.00 bits per heavy atom. The van der Waals surface area contributed by atoms with Crippen LogP contribution in [0.25, 0.3) is 0 Å². The molecule has 1 spiro atoms. The van der Waals surface area contributed by atoms with Crippen molar-refractivity contribution in [1.29, 1.82) is 0 Å². The van der Waals surface area contributed by atoms with Crippen LogP contribution < -0.4 is 4.90 Å². The largest absolute Gasteiger partial charge is 0.360 e. The van der Waals surface area contributed by atoms with Gasteiger partial charge in [-0.1, -0.05) is 30.3 Å². The van der Waals surface area contributed by atoms with Crippen LogP contribution in [0.15, 0.2) is 41.2 Å². The van der Waals surface area contributed by atoms with Crippen LogP contribution in [-0.2, 0) is 16.0 Å². The molecule has 1 aromatic carbocycles. The number of hydrogen-bond acceptors (Lipinski definition) is 5. The van der Waals surface area contributed by atoms with Crippen molar-refractivity contribution in [1.82, 2.24) is 9.88 Å². The number of amides is 1. The second kappa shape index (κ2) is 8.69. The Kier molecular flexibility index (Phi) is 6.52. The maximum Gasteiger partial charge on any atom is 0.257 e. The van der Waals surface area contributed by atoms with Crippen molar-refractivity contribution in [2.45, 2.75) is 37.9 Å². The van der Waals surface area contributed by atoms with Gasteiger partial charge in [-0.25, -0.2) is 4.98 Å². The third-order valence-electron chi connectivity index (χ3n) is 5.51. The molecule has 146 valence electrons. The Balaban J connectivity index is 0.00000210. The Bertz CT molecular complexity index is 733. The van der Waals surface area contributed by atoms with Crippen molar-refractivity contribution in [2.24, 2.45) is 0 Å². The van der Waals surface area contributed by atoms with Crippen molar-refractivity contribution < 1.29 is 9.53 Å². The van der Waals surface area contributed by atoms with Gasteiger partial charge in [-0.2, -0.15) is 0 Å². The molecule has 4 rings (SSSR count). The predicted octanol–water partition coefficient (Wildman–Crippen LogP) is 3.39. The zero-order chi connectivity index (χ0) is 18.0. The highest BCUT2D eigenvalue weighted by atomic mass is 35.5. The summed E-state index contributed by atoms with van der Waals surface area (Å²) >= 11 is 1.52. The molecule has 2 saturated heterocycles. The molecule has 0 aliphatic carbocycles. The van der Waals surface area contributed by atoms with E-state index in [0.29, 0.717) is 6.54 Å². The molecule has 5 nitrogen and oxygen atoms in total. The summed E-state index contributed by atoms with van der Waals surface area (Å²) in [5, 5.41) is 1.94. The van der Waals surface area contributed by atoms with Gasteiger partial charge in [0, 0.05) is 25.0 Å². The molecule has 2 fully saturated rings. The van der Waals surface area contributed by atoms with E-state index in [1.54, 1.807) is 5.51 Å². The first-order chi connectivity index (χ1) is 12.7. The standard InChI is InChI=1S/C20H25N3O2S.ClH/c1-16-19(24)23(18-13-26-15-21-18)14-20(25-16)8-11-22(12-9-20)10-7-17-5-3-2-4-6-17;/h2-6,13,15-16H,7-12,14H2,1H3;1H. The van der Waals surface area contributed by atoms with Gasteiger partial charge in [0.1, 0.15) is 11.9 Å². The number of anilines is 1. The molecule has 1 amide bonds. The molecule has 1 unspecified atom stereocenters. The lowest BCUT2D eigenvalue weighted by Crippen LogP contribution is -2.61. The number of aromatic nitrogens is 1. The van der Waals surface area contributed by atoms with E-state index in [-0.39, 0.29) is 23.9 Å². The van der Waals surface area contributed by atoms with Gasteiger partial charge < -0.3 is 9.64 Å². The molecule has 1 aromatic heterocycles. The highest BCUT2D eigenvalue weighted by Crippen LogP contribution is 2.34. The van der Waals surface area contributed by atoms with Crippen LogP contribution in [0.4, 0.5) is 5.82 Å². The molecule has 2 aliphatic heterocycles. The van der Waals surface area contributed by atoms with Gasteiger partial charge in [0.15, 0.2) is 0 Å². The number of ether oxygens (including phenoxy) is 1. The fourth-order valence-corrected chi connectivity index (χ4v) is 4.51. The molecule has 2 aliphatic rings. The smallest absolute Gasteiger partial charge is 0.257 e. The molecule has 7 heteroatoms. The summed E-state index contributed by atoms with van der Waals surface area (Å²) in [7, 11) is 0. The number of nitrogens with zero attached hydrogens (tertiary/aromatic N) is 3. The van der Waals surface area contributed by atoms with Gasteiger partial charge in [0.25, 0.3) is 5.91 Å². The van der Waals surface area contributed by atoms with E-state index in [1.165, 1.54) is 16.9 Å². The first kappa shape index (κ1) is 20.3. The van der Waals surface area contributed by atoms with E-state index in [1.807, 2.05) is 17.2 Å². The molecule has 0 N–H and O–H groups in total.